The van der Waals surface area contributed by atoms with E-state index in [1.54, 1.807) is 12.4 Å². The smallest absolute Gasteiger partial charge is 0.248 e. The summed E-state index contributed by atoms with van der Waals surface area (Å²) in [4.78, 5) is 40.4. The Morgan fingerprint density at radius 1 is 0.562 bits per heavy atom. The van der Waals surface area contributed by atoms with Crippen molar-refractivity contribution in [1.82, 2.24) is 30.6 Å². The lowest BCUT2D eigenvalue weighted by Crippen LogP contribution is -2.35. The molecule has 2 amide bonds. The standard InChI is InChI=1S/C42H40F4N6O2.2C3H8.2C2H4.4H2/c43-41(44)13-9-25(10-14-41)39(53)49-23-37-47-21-35(51-37)33-7-5-29-17-27(1-3-31(29)19-33)28-2-4-32-20-34(8-6-30(32)18-28)36-22-48-38(52-36)24-50-40(54)26-11-15-42(45,46)16-12-26;2*1-3-2;2*1-2;;;;/h1-8,17-22,25-26H,9-16,23-24H2,(H,47,51)(H,48,52)(H,49,53)(H,50,54);2*3H2,1-2H3;2*1-2H2;4*1H. The number of rotatable bonds is 9. The molecule has 2 aromatic heterocycles. The van der Waals surface area contributed by atoms with Gasteiger partial charge in [0.1, 0.15) is 11.6 Å². The molecule has 2 saturated carbocycles. The topological polar surface area (TPSA) is 116 Å². The van der Waals surface area contributed by atoms with Crippen LogP contribution in [0.4, 0.5) is 17.6 Å². The van der Waals surface area contributed by atoms with Crippen molar-refractivity contribution >= 4 is 33.4 Å². The van der Waals surface area contributed by atoms with Gasteiger partial charge in [0.2, 0.25) is 23.7 Å². The molecule has 6 aromatic rings. The predicted octanol–water partition coefficient (Wildman–Crippen LogP) is 14.7. The second-order valence-corrected chi connectivity index (χ2v) is 16.2. The third-order valence-corrected chi connectivity index (χ3v) is 10.9. The van der Waals surface area contributed by atoms with Gasteiger partial charge in [-0.3, -0.25) is 9.59 Å². The molecule has 2 aliphatic rings. The number of hydrogen-bond donors (Lipinski definition) is 4. The van der Waals surface area contributed by atoms with E-state index in [0.717, 1.165) is 55.2 Å². The van der Waals surface area contributed by atoms with Crippen LogP contribution in [0.15, 0.2) is 112 Å². The molecule has 2 fully saturated rings. The van der Waals surface area contributed by atoms with Gasteiger partial charge in [0.05, 0.1) is 36.9 Å². The molecule has 0 bridgehead atoms. The minimum atomic E-state index is -2.66. The summed E-state index contributed by atoms with van der Waals surface area (Å²) in [6.45, 7) is 20.9. The van der Waals surface area contributed by atoms with Gasteiger partial charge in [0.25, 0.3) is 0 Å². The van der Waals surface area contributed by atoms with Crippen molar-refractivity contribution in [2.45, 2.75) is 117 Å². The largest absolute Gasteiger partial charge is 0.349 e. The van der Waals surface area contributed by atoms with Gasteiger partial charge in [-0.15, -0.1) is 26.3 Å². The fourth-order valence-corrected chi connectivity index (χ4v) is 7.62. The summed E-state index contributed by atoms with van der Waals surface area (Å²) in [5.74, 6) is -5.32. The number of aromatic nitrogens is 4. The molecule has 8 rings (SSSR count). The first-order valence-corrected chi connectivity index (χ1v) is 22.3. The number of benzene rings is 4. The summed E-state index contributed by atoms with van der Waals surface area (Å²) in [6.07, 6.45) is 5.76. The predicted molar refractivity (Wildman–Crippen MR) is 262 cm³/mol. The molecule has 12 heteroatoms. The maximum Gasteiger partial charge on any atom is 0.248 e. The van der Waals surface area contributed by atoms with Crippen LogP contribution in [0, 0.1) is 11.8 Å². The Bertz CT molecular complexity index is 2260. The Hall–Kier alpha value is -6.04. The summed E-state index contributed by atoms with van der Waals surface area (Å²) >= 11 is 0. The zero-order valence-electron chi connectivity index (χ0n) is 37.8. The number of hydrogen-bond acceptors (Lipinski definition) is 4. The van der Waals surface area contributed by atoms with Crippen LogP contribution in [0.2, 0.25) is 0 Å². The van der Waals surface area contributed by atoms with Crippen LogP contribution in [0.25, 0.3) is 55.2 Å². The number of alkyl halides is 4. The molecular weight excluding hydrogens is 817 g/mol. The van der Waals surface area contributed by atoms with E-state index in [4.69, 9.17) is 0 Å². The lowest BCUT2D eigenvalue weighted by molar-refractivity contribution is -0.130. The third-order valence-electron chi connectivity index (χ3n) is 10.9. The molecule has 0 aliphatic heterocycles. The fraction of sp³-hybridized carbons (Fsp3) is 0.385. The van der Waals surface area contributed by atoms with Crippen molar-refractivity contribution < 1.29 is 32.9 Å². The molecular formula is C52H72F4N6O2. The average Bonchev–Trinajstić information content (AvgIpc) is 3.99. The number of imidazole rings is 2. The van der Waals surface area contributed by atoms with E-state index in [1.807, 2.05) is 12.1 Å². The van der Waals surface area contributed by atoms with Gasteiger partial charge < -0.3 is 20.6 Å². The normalized spacial score (nSPS) is 15.4. The molecule has 8 nitrogen and oxygen atoms in total. The highest BCUT2D eigenvalue weighted by atomic mass is 19.3. The fourth-order valence-electron chi connectivity index (χ4n) is 7.62. The molecule has 2 aliphatic carbocycles. The number of carbonyl (C=O) groups excluding carboxylic acids is 2. The monoisotopic (exact) mass is 889 g/mol. The third kappa shape index (κ3) is 14.0. The maximum atomic E-state index is 13.5. The number of halogens is 4. The molecule has 350 valence electrons. The highest BCUT2D eigenvalue weighted by Gasteiger charge is 2.38. The molecule has 0 radical (unpaired) electrons. The van der Waals surface area contributed by atoms with E-state index in [0.29, 0.717) is 11.6 Å². The minimum absolute atomic E-state index is 0. The zero-order chi connectivity index (χ0) is 46.9. The lowest BCUT2D eigenvalue weighted by Gasteiger charge is -2.27. The summed E-state index contributed by atoms with van der Waals surface area (Å²) in [5.41, 5.74) is 5.73. The number of nitrogens with one attached hydrogen (secondary N) is 4. The molecule has 4 N–H and O–H groups in total. The van der Waals surface area contributed by atoms with Crippen molar-refractivity contribution in [3.05, 3.63) is 123 Å². The first-order valence-electron chi connectivity index (χ1n) is 22.3. The van der Waals surface area contributed by atoms with Crippen LogP contribution in [-0.4, -0.2) is 43.6 Å². The van der Waals surface area contributed by atoms with E-state index in [2.05, 4.69) is 145 Å². The minimum Gasteiger partial charge on any atom is -0.349 e. The van der Waals surface area contributed by atoms with Crippen LogP contribution in [0.3, 0.4) is 0 Å². The van der Waals surface area contributed by atoms with Gasteiger partial charge >= 0.3 is 0 Å². The van der Waals surface area contributed by atoms with Gasteiger partial charge in [0.15, 0.2) is 0 Å². The van der Waals surface area contributed by atoms with Gasteiger partial charge in [-0.05, 0) is 82.6 Å². The van der Waals surface area contributed by atoms with Gasteiger partial charge in [-0.2, -0.15) is 0 Å². The number of carbonyl (C=O) groups is 2. The Labute approximate surface area is 381 Å². The molecule has 64 heavy (non-hydrogen) atoms. The number of nitrogens with zero attached hydrogens (tertiary/aromatic N) is 2. The zero-order valence-corrected chi connectivity index (χ0v) is 37.8. The number of amides is 2. The first kappa shape index (κ1) is 50.6. The van der Waals surface area contributed by atoms with Gasteiger partial charge in [-0.25, -0.2) is 27.5 Å². The van der Waals surface area contributed by atoms with Crippen LogP contribution in [0.1, 0.15) is 109 Å². The Balaban J connectivity index is 0.00000298. The maximum absolute atomic E-state index is 13.5. The Kier molecular flexibility index (Phi) is 19.1. The molecule has 4 aromatic carbocycles. The Morgan fingerprint density at radius 3 is 1.16 bits per heavy atom. The highest BCUT2D eigenvalue weighted by molar-refractivity contribution is 5.94. The van der Waals surface area contributed by atoms with Crippen LogP contribution >= 0.6 is 0 Å². The number of aromatic amines is 2. The summed E-state index contributed by atoms with van der Waals surface area (Å²) in [7, 11) is 0. The van der Waals surface area contributed by atoms with Crippen molar-refractivity contribution in [2.75, 3.05) is 0 Å². The van der Waals surface area contributed by atoms with E-state index >= 15 is 0 Å². The van der Waals surface area contributed by atoms with E-state index < -0.39 is 11.8 Å². The van der Waals surface area contributed by atoms with Gasteiger partial charge in [0, 0.05) is 54.4 Å². The van der Waals surface area contributed by atoms with Crippen molar-refractivity contribution in [3.8, 4) is 33.6 Å². The highest BCUT2D eigenvalue weighted by Crippen LogP contribution is 2.37. The Morgan fingerprint density at radius 2 is 0.844 bits per heavy atom. The molecule has 0 saturated heterocycles. The SMILES string of the molecule is C=C.C=C.CCC.CCC.O=C(NCc1ncc(-c2ccc3cc(-c4ccc5cc(-c6cnc(CNC(=O)C7CCC(F)(F)CC7)[nH]6)ccc5c4)ccc3c2)[nH]1)C1CCC(F)(F)CC1.[HH].[HH].[HH].[HH]. The lowest BCUT2D eigenvalue weighted by atomic mass is 9.86. The van der Waals surface area contributed by atoms with Gasteiger partial charge in [-0.1, -0.05) is 89.1 Å². The average molecular weight is 889 g/mol. The van der Waals surface area contributed by atoms with Crippen molar-refractivity contribution in [3.63, 3.8) is 0 Å². The van der Waals surface area contributed by atoms with E-state index in [1.165, 1.54) is 12.8 Å². The van der Waals surface area contributed by atoms with Crippen LogP contribution < -0.4 is 10.6 Å². The van der Waals surface area contributed by atoms with E-state index in [-0.39, 0.29) is 93.8 Å². The first-order chi connectivity index (χ1) is 30.8. The molecule has 0 atom stereocenters. The summed E-state index contributed by atoms with van der Waals surface area (Å²) in [5, 5.41) is 9.99. The second kappa shape index (κ2) is 24.1. The van der Waals surface area contributed by atoms with Crippen molar-refractivity contribution in [2.24, 2.45) is 11.8 Å². The summed E-state index contributed by atoms with van der Waals surface area (Å²) < 4.78 is 53.9. The molecule has 2 heterocycles. The quantitative estimate of drug-likeness (QED) is 0.0855. The van der Waals surface area contributed by atoms with Crippen LogP contribution in [0.5, 0.6) is 0 Å². The van der Waals surface area contributed by atoms with E-state index in [9.17, 15) is 27.2 Å². The van der Waals surface area contributed by atoms with Crippen LogP contribution in [-0.2, 0) is 22.7 Å². The molecule has 0 unspecified atom stereocenters. The summed E-state index contributed by atoms with van der Waals surface area (Å²) in [6, 6.07) is 25.1. The number of H-pyrrole nitrogens is 2. The second-order valence-electron chi connectivity index (χ2n) is 16.2. The molecule has 0 spiro atoms. The number of fused-ring (bicyclic) bond motifs is 2. The van der Waals surface area contributed by atoms with Crippen molar-refractivity contribution in [1.29, 1.82) is 0 Å².